The van der Waals surface area contributed by atoms with Gasteiger partial charge in [0.25, 0.3) is 5.91 Å². The summed E-state index contributed by atoms with van der Waals surface area (Å²) in [6.45, 7) is 7.01. The molecule has 0 radical (unpaired) electrons. The number of fused-ring (bicyclic) bond motifs is 1. The summed E-state index contributed by atoms with van der Waals surface area (Å²) in [5.41, 5.74) is 2.97. The Morgan fingerprint density at radius 3 is 2.57 bits per heavy atom. The van der Waals surface area contributed by atoms with Crippen LogP contribution in [0.3, 0.4) is 0 Å². The second-order valence-corrected chi connectivity index (χ2v) is 6.59. The van der Waals surface area contributed by atoms with Crippen molar-refractivity contribution in [3.8, 4) is 5.75 Å². The highest BCUT2D eigenvalue weighted by molar-refractivity contribution is 6.07. The number of anilines is 1. The van der Waals surface area contributed by atoms with Gasteiger partial charge in [0.2, 0.25) is 0 Å². The second-order valence-electron chi connectivity index (χ2n) is 6.59. The molecule has 3 heteroatoms. The van der Waals surface area contributed by atoms with E-state index in [9.17, 15) is 4.79 Å². The standard InChI is InChI=1S/C20H23NO2/c1-14(2)13-23-18-10-8-16(9-11-18)20(22)21-15(3)12-17-6-4-5-7-19(17)21/h4-11,14-15H,12-13H2,1-3H3. The maximum Gasteiger partial charge on any atom is 0.258 e. The molecule has 3 rings (SSSR count). The molecule has 1 aliphatic heterocycles. The number of rotatable bonds is 4. The highest BCUT2D eigenvalue weighted by Crippen LogP contribution is 2.33. The van der Waals surface area contributed by atoms with Crippen LogP contribution in [0, 0.1) is 5.92 Å². The monoisotopic (exact) mass is 309 g/mol. The number of carbonyl (C=O) groups is 1. The number of ether oxygens (including phenoxy) is 1. The van der Waals surface area contributed by atoms with Gasteiger partial charge in [0.05, 0.1) is 6.61 Å². The van der Waals surface area contributed by atoms with E-state index < -0.39 is 0 Å². The summed E-state index contributed by atoms with van der Waals surface area (Å²) in [6.07, 6.45) is 0.914. The van der Waals surface area contributed by atoms with Gasteiger partial charge in [-0.2, -0.15) is 0 Å². The van der Waals surface area contributed by atoms with Crippen LogP contribution in [0.25, 0.3) is 0 Å². The Balaban J connectivity index is 1.78. The SMILES string of the molecule is CC(C)COc1ccc(C(=O)N2c3ccccc3CC2C)cc1. The molecule has 1 amide bonds. The first-order valence-corrected chi connectivity index (χ1v) is 8.20. The minimum absolute atomic E-state index is 0.0536. The molecule has 120 valence electrons. The van der Waals surface area contributed by atoms with Crippen LogP contribution in [0.5, 0.6) is 5.75 Å². The van der Waals surface area contributed by atoms with Gasteiger partial charge in [-0.15, -0.1) is 0 Å². The zero-order valence-electron chi connectivity index (χ0n) is 14.0. The molecule has 3 nitrogen and oxygen atoms in total. The van der Waals surface area contributed by atoms with Crippen molar-refractivity contribution in [2.24, 2.45) is 5.92 Å². The molecule has 0 saturated heterocycles. The fourth-order valence-electron chi connectivity index (χ4n) is 2.97. The van der Waals surface area contributed by atoms with Crippen LogP contribution in [0.2, 0.25) is 0 Å². The number of hydrogen-bond acceptors (Lipinski definition) is 2. The van der Waals surface area contributed by atoms with Crippen molar-refractivity contribution < 1.29 is 9.53 Å². The first kappa shape index (κ1) is 15.6. The van der Waals surface area contributed by atoms with E-state index in [0.29, 0.717) is 18.1 Å². The van der Waals surface area contributed by atoms with Crippen molar-refractivity contribution in [1.29, 1.82) is 0 Å². The van der Waals surface area contributed by atoms with E-state index in [1.54, 1.807) is 0 Å². The van der Waals surface area contributed by atoms with Gasteiger partial charge in [-0.25, -0.2) is 0 Å². The summed E-state index contributed by atoms with van der Waals surface area (Å²) < 4.78 is 5.68. The number of carbonyl (C=O) groups excluding carboxylic acids is 1. The molecule has 0 aliphatic carbocycles. The molecule has 1 unspecified atom stereocenters. The van der Waals surface area contributed by atoms with Gasteiger partial charge < -0.3 is 9.64 Å². The number of nitrogens with zero attached hydrogens (tertiary/aromatic N) is 1. The molecule has 0 fully saturated rings. The van der Waals surface area contributed by atoms with Gasteiger partial charge in [0.15, 0.2) is 0 Å². The Kier molecular flexibility index (Phi) is 4.37. The first-order chi connectivity index (χ1) is 11.1. The summed E-state index contributed by atoms with van der Waals surface area (Å²) in [5, 5.41) is 0. The molecular formula is C20H23NO2. The van der Waals surface area contributed by atoms with E-state index in [1.807, 2.05) is 47.4 Å². The van der Waals surface area contributed by atoms with E-state index in [2.05, 4.69) is 26.8 Å². The first-order valence-electron chi connectivity index (χ1n) is 8.20. The second kappa shape index (κ2) is 6.45. The third-order valence-electron chi connectivity index (χ3n) is 4.11. The van der Waals surface area contributed by atoms with Crippen LogP contribution < -0.4 is 9.64 Å². The van der Waals surface area contributed by atoms with Crippen LogP contribution in [0.1, 0.15) is 36.7 Å². The molecule has 1 heterocycles. The maximum absolute atomic E-state index is 12.9. The Morgan fingerprint density at radius 1 is 1.17 bits per heavy atom. The van der Waals surface area contributed by atoms with Crippen molar-refractivity contribution in [2.75, 3.05) is 11.5 Å². The van der Waals surface area contributed by atoms with Crippen molar-refractivity contribution in [3.63, 3.8) is 0 Å². The highest BCUT2D eigenvalue weighted by Gasteiger charge is 2.31. The van der Waals surface area contributed by atoms with Gasteiger partial charge in [-0.1, -0.05) is 32.0 Å². The van der Waals surface area contributed by atoms with Crippen LogP contribution in [0.15, 0.2) is 48.5 Å². The lowest BCUT2D eigenvalue weighted by atomic mass is 10.1. The summed E-state index contributed by atoms with van der Waals surface area (Å²) in [6, 6.07) is 15.8. The van der Waals surface area contributed by atoms with E-state index in [0.717, 1.165) is 17.9 Å². The summed E-state index contributed by atoms with van der Waals surface area (Å²) >= 11 is 0. The van der Waals surface area contributed by atoms with E-state index in [1.165, 1.54) is 5.56 Å². The predicted molar refractivity (Wildman–Crippen MR) is 93.2 cm³/mol. The summed E-state index contributed by atoms with van der Waals surface area (Å²) in [7, 11) is 0. The fourth-order valence-corrected chi connectivity index (χ4v) is 2.97. The van der Waals surface area contributed by atoms with Crippen molar-refractivity contribution in [3.05, 3.63) is 59.7 Å². The predicted octanol–water partition coefficient (Wildman–Crippen LogP) is 4.31. The normalized spacial score (nSPS) is 16.5. The smallest absolute Gasteiger partial charge is 0.258 e. The third-order valence-corrected chi connectivity index (χ3v) is 4.11. The lowest BCUT2D eigenvalue weighted by Gasteiger charge is -2.23. The Labute approximate surface area is 137 Å². The average Bonchev–Trinajstić information content (AvgIpc) is 2.88. The van der Waals surface area contributed by atoms with E-state index in [4.69, 9.17) is 4.74 Å². The molecule has 0 N–H and O–H groups in total. The van der Waals surface area contributed by atoms with Crippen molar-refractivity contribution in [1.82, 2.24) is 0 Å². The van der Waals surface area contributed by atoms with Crippen LogP contribution in [-0.2, 0) is 6.42 Å². The molecule has 2 aromatic rings. The van der Waals surface area contributed by atoms with Gasteiger partial charge in [0, 0.05) is 17.3 Å². The quantitative estimate of drug-likeness (QED) is 0.842. The summed E-state index contributed by atoms with van der Waals surface area (Å²) in [4.78, 5) is 14.8. The molecule has 0 bridgehead atoms. The Bertz CT molecular complexity index is 691. The zero-order valence-corrected chi connectivity index (χ0v) is 14.0. The number of hydrogen-bond donors (Lipinski definition) is 0. The molecule has 0 spiro atoms. The van der Waals surface area contributed by atoms with Gasteiger partial charge in [-0.05, 0) is 55.2 Å². The molecule has 2 aromatic carbocycles. The van der Waals surface area contributed by atoms with Crippen LogP contribution >= 0.6 is 0 Å². The lowest BCUT2D eigenvalue weighted by Crippen LogP contribution is -2.35. The molecule has 0 aromatic heterocycles. The van der Waals surface area contributed by atoms with Gasteiger partial charge >= 0.3 is 0 Å². The molecule has 1 atom stereocenters. The zero-order chi connectivity index (χ0) is 16.4. The Hall–Kier alpha value is -2.29. The Morgan fingerprint density at radius 2 is 1.87 bits per heavy atom. The molecule has 23 heavy (non-hydrogen) atoms. The molecule has 0 saturated carbocycles. The minimum Gasteiger partial charge on any atom is -0.493 e. The van der Waals surface area contributed by atoms with Crippen molar-refractivity contribution in [2.45, 2.75) is 33.2 Å². The van der Waals surface area contributed by atoms with Crippen LogP contribution in [-0.4, -0.2) is 18.6 Å². The fraction of sp³-hybridized carbons (Fsp3) is 0.350. The summed E-state index contributed by atoms with van der Waals surface area (Å²) in [5.74, 6) is 1.35. The minimum atomic E-state index is 0.0536. The largest absolute Gasteiger partial charge is 0.493 e. The average molecular weight is 309 g/mol. The van der Waals surface area contributed by atoms with Gasteiger partial charge in [0.1, 0.15) is 5.75 Å². The lowest BCUT2D eigenvalue weighted by molar-refractivity contribution is 0.0981. The van der Waals surface area contributed by atoms with E-state index in [-0.39, 0.29) is 11.9 Å². The number of para-hydroxylation sites is 1. The number of benzene rings is 2. The van der Waals surface area contributed by atoms with Crippen molar-refractivity contribution >= 4 is 11.6 Å². The third kappa shape index (κ3) is 3.24. The highest BCUT2D eigenvalue weighted by atomic mass is 16.5. The number of amides is 1. The van der Waals surface area contributed by atoms with E-state index >= 15 is 0 Å². The topological polar surface area (TPSA) is 29.5 Å². The molecule has 1 aliphatic rings. The maximum atomic E-state index is 12.9. The van der Waals surface area contributed by atoms with Gasteiger partial charge in [-0.3, -0.25) is 4.79 Å². The molecular weight excluding hydrogens is 286 g/mol. The van der Waals surface area contributed by atoms with Crippen LogP contribution in [0.4, 0.5) is 5.69 Å².